The molecule has 2 rings (SSSR count). The minimum atomic E-state index is 0.380. The summed E-state index contributed by atoms with van der Waals surface area (Å²) in [7, 11) is 0. The molecular weight excluding hydrogens is 320 g/mol. The van der Waals surface area contributed by atoms with Crippen LogP contribution in [0.25, 0.3) is 0 Å². The summed E-state index contributed by atoms with van der Waals surface area (Å²) in [5.74, 6) is 0. The number of benzene rings is 1. The van der Waals surface area contributed by atoms with Gasteiger partial charge in [0.1, 0.15) is 0 Å². The Bertz CT molecular complexity index is 350. The van der Waals surface area contributed by atoms with Crippen molar-refractivity contribution in [3.63, 3.8) is 0 Å². The van der Waals surface area contributed by atoms with E-state index in [2.05, 4.69) is 56.2 Å². The molecule has 1 aliphatic carbocycles. The standard InChI is InChI=1S/C11H14Br2N2/c1-6-2-9(12)11(10(13)3-6)15-8-4-7(14)5-8/h2-3,7-8,15H,4-5,14H2,1H3. The van der Waals surface area contributed by atoms with Crippen molar-refractivity contribution < 1.29 is 0 Å². The average molecular weight is 334 g/mol. The van der Waals surface area contributed by atoms with Gasteiger partial charge in [0.05, 0.1) is 5.69 Å². The van der Waals surface area contributed by atoms with Crippen molar-refractivity contribution >= 4 is 37.5 Å². The molecule has 0 spiro atoms. The summed E-state index contributed by atoms with van der Waals surface area (Å²) in [5.41, 5.74) is 8.14. The first-order valence-electron chi connectivity index (χ1n) is 5.04. The van der Waals surface area contributed by atoms with Crippen LogP contribution in [0.1, 0.15) is 18.4 Å². The number of rotatable bonds is 2. The highest BCUT2D eigenvalue weighted by molar-refractivity contribution is 9.11. The van der Waals surface area contributed by atoms with E-state index in [0.717, 1.165) is 27.5 Å². The second-order valence-electron chi connectivity index (χ2n) is 4.18. The van der Waals surface area contributed by atoms with E-state index >= 15 is 0 Å². The van der Waals surface area contributed by atoms with Crippen LogP contribution in [0.2, 0.25) is 0 Å². The highest BCUT2D eigenvalue weighted by Gasteiger charge is 2.26. The molecule has 0 atom stereocenters. The molecule has 82 valence electrons. The van der Waals surface area contributed by atoms with Crippen LogP contribution < -0.4 is 11.1 Å². The lowest BCUT2D eigenvalue weighted by molar-refractivity contribution is 0.373. The smallest absolute Gasteiger partial charge is 0.0631 e. The lowest BCUT2D eigenvalue weighted by atomic mass is 9.87. The topological polar surface area (TPSA) is 38.0 Å². The first-order valence-corrected chi connectivity index (χ1v) is 6.62. The van der Waals surface area contributed by atoms with Gasteiger partial charge in [-0.3, -0.25) is 0 Å². The van der Waals surface area contributed by atoms with Crippen LogP contribution in [0.5, 0.6) is 0 Å². The molecule has 4 heteroatoms. The molecule has 1 saturated carbocycles. The predicted octanol–water partition coefficient (Wildman–Crippen LogP) is 3.42. The van der Waals surface area contributed by atoms with Crippen molar-refractivity contribution in [1.82, 2.24) is 0 Å². The molecule has 0 heterocycles. The van der Waals surface area contributed by atoms with E-state index in [4.69, 9.17) is 5.73 Å². The number of halogens is 2. The third-order valence-corrected chi connectivity index (χ3v) is 3.96. The van der Waals surface area contributed by atoms with Crippen LogP contribution in [-0.4, -0.2) is 12.1 Å². The van der Waals surface area contributed by atoms with Crippen molar-refractivity contribution in [2.75, 3.05) is 5.32 Å². The van der Waals surface area contributed by atoms with Crippen LogP contribution in [0.15, 0.2) is 21.1 Å². The summed E-state index contributed by atoms with van der Waals surface area (Å²) in [6, 6.07) is 5.14. The number of hydrogen-bond donors (Lipinski definition) is 2. The van der Waals surface area contributed by atoms with Gasteiger partial charge in [-0.1, -0.05) is 0 Å². The second-order valence-corrected chi connectivity index (χ2v) is 5.88. The summed E-state index contributed by atoms with van der Waals surface area (Å²) < 4.78 is 2.21. The van der Waals surface area contributed by atoms with Gasteiger partial charge in [-0.15, -0.1) is 0 Å². The zero-order valence-corrected chi connectivity index (χ0v) is 11.7. The van der Waals surface area contributed by atoms with Gasteiger partial charge < -0.3 is 11.1 Å². The van der Waals surface area contributed by atoms with E-state index in [1.165, 1.54) is 5.56 Å². The number of nitrogens with one attached hydrogen (secondary N) is 1. The molecule has 2 nitrogen and oxygen atoms in total. The third-order valence-electron chi connectivity index (χ3n) is 2.71. The monoisotopic (exact) mass is 332 g/mol. The molecule has 1 aromatic rings. The molecular formula is C11H14Br2N2. The highest BCUT2D eigenvalue weighted by Crippen LogP contribution is 2.35. The molecule has 0 unspecified atom stereocenters. The maximum atomic E-state index is 5.76. The minimum Gasteiger partial charge on any atom is -0.380 e. The number of hydrogen-bond acceptors (Lipinski definition) is 2. The zero-order chi connectivity index (χ0) is 11.0. The van der Waals surface area contributed by atoms with E-state index in [0.29, 0.717) is 12.1 Å². The first kappa shape index (κ1) is 11.4. The number of nitrogens with two attached hydrogens (primary N) is 1. The SMILES string of the molecule is Cc1cc(Br)c(NC2CC(N)C2)c(Br)c1. The van der Waals surface area contributed by atoms with Crippen LogP contribution in [-0.2, 0) is 0 Å². The van der Waals surface area contributed by atoms with Gasteiger partial charge in [-0.2, -0.15) is 0 Å². The van der Waals surface area contributed by atoms with Crippen molar-refractivity contribution in [2.45, 2.75) is 31.8 Å². The van der Waals surface area contributed by atoms with Gasteiger partial charge in [0.2, 0.25) is 0 Å². The van der Waals surface area contributed by atoms with Gasteiger partial charge in [-0.25, -0.2) is 0 Å². The van der Waals surface area contributed by atoms with Crippen molar-refractivity contribution in [3.05, 3.63) is 26.6 Å². The van der Waals surface area contributed by atoms with E-state index < -0.39 is 0 Å². The lowest BCUT2D eigenvalue weighted by Crippen LogP contribution is -2.44. The normalized spacial score (nSPS) is 24.8. The van der Waals surface area contributed by atoms with Gasteiger partial charge in [0.15, 0.2) is 0 Å². The Hall–Kier alpha value is -0.0600. The Morgan fingerprint density at radius 1 is 1.27 bits per heavy atom. The lowest BCUT2D eigenvalue weighted by Gasteiger charge is -2.34. The van der Waals surface area contributed by atoms with E-state index in [9.17, 15) is 0 Å². The molecule has 0 bridgehead atoms. The average Bonchev–Trinajstić information content (AvgIpc) is 2.07. The molecule has 0 saturated heterocycles. The molecule has 0 radical (unpaired) electrons. The Morgan fingerprint density at radius 2 is 1.80 bits per heavy atom. The predicted molar refractivity (Wildman–Crippen MR) is 71.2 cm³/mol. The van der Waals surface area contributed by atoms with Crippen LogP contribution in [0, 0.1) is 6.92 Å². The van der Waals surface area contributed by atoms with Crippen molar-refractivity contribution in [3.8, 4) is 0 Å². The van der Waals surface area contributed by atoms with E-state index in [1.54, 1.807) is 0 Å². The summed E-state index contributed by atoms with van der Waals surface area (Å²) in [4.78, 5) is 0. The number of anilines is 1. The molecule has 0 aromatic heterocycles. The zero-order valence-electron chi connectivity index (χ0n) is 8.56. The van der Waals surface area contributed by atoms with Gasteiger partial charge in [0.25, 0.3) is 0 Å². The van der Waals surface area contributed by atoms with E-state index in [1.807, 2.05) is 0 Å². The van der Waals surface area contributed by atoms with Crippen LogP contribution in [0.4, 0.5) is 5.69 Å². The fourth-order valence-corrected chi connectivity index (χ4v) is 3.47. The Balaban J connectivity index is 2.14. The van der Waals surface area contributed by atoms with Gasteiger partial charge in [-0.05, 0) is 69.3 Å². The maximum absolute atomic E-state index is 5.76. The Morgan fingerprint density at radius 3 is 2.27 bits per heavy atom. The second kappa shape index (κ2) is 4.44. The maximum Gasteiger partial charge on any atom is 0.0631 e. The van der Waals surface area contributed by atoms with Gasteiger partial charge in [0, 0.05) is 21.0 Å². The number of aryl methyl sites for hydroxylation is 1. The Labute approximate surface area is 107 Å². The quantitative estimate of drug-likeness (QED) is 0.870. The van der Waals surface area contributed by atoms with Crippen LogP contribution >= 0.6 is 31.9 Å². The Kier molecular flexibility index (Phi) is 3.38. The molecule has 0 aliphatic heterocycles. The minimum absolute atomic E-state index is 0.380. The third kappa shape index (κ3) is 2.55. The summed E-state index contributed by atoms with van der Waals surface area (Å²) in [5, 5.41) is 3.50. The first-order chi connectivity index (χ1) is 7.06. The molecule has 3 N–H and O–H groups in total. The molecule has 1 aromatic carbocycles. The largest absolute Gasteiger partial charge is 0.380 e. The molecule has 15 heavy (non-hydrogen) atoms. The summed E-state index contributed by atoms with van der Waals surface area (Å²) >= 11 is 7.14. The van der Waals surface area contributed by atoms with Crippen molar-refractivity contribution in [1.29, 1.82) is 0 Å². The molecule has 1 aliphatic rings. The summed E-state index contributed by atoms with van der Waals surface area (Å²) in [6.07, 6.45) is 2.12. The molecule has 0 amide bonds. The van der Waals surface area contributed by atoms with E-state index in [-0.39, 0.29) is 0 Å². The fourth-order valence-electron chi connectivity index (χ4n) is 1.82. The van der Waals surface area contributed by atoms with Crippen LogP contribution in [0.3, 0.4) is 0 Å². The molecule has 1 fully saturated rings. The van der Waals surface area contributed by atoms with Crippen molar-refractivity contribution in [2.24, 2.45) is 5.73 Å². The van der Waals surface area contributed by atoms with Gasteiger partial charge >= 0.3 is 0 Å². The fraction of sp³-hybridized carbons (Fsp3) is 0.455. The highest BCUT2D eigenvalue weighted by atomic mass is 79.9. The summed E-state index contributed by atoms with van der Waals surface area (Å²) in [6.45, 7) is 2.08.